The van der Waals surface area contributed by atoms with Crippen molar-refractivity contribution in [1.82, 2.24) is 19.9 Å². The quantitative estimate of drug-likeness (QED) is 0.519. The normalized spacial score (nSPS) is 11.5. The van der Waals surface area contributed by atoms with Crippen molar-refractivity contribution < 1.29 is 5.11 Å². The number of aromatic amines is 1. The van der Waals surface area contributed by atoms with Gasteiger partial charge in [-0.1, -0.05) is 26.8 Å². The summed E-state index contributed by atoms with van der Waals surface area (Å²) in [6.07, 6.45) is 3.57. The maximum absolute atomic E-state index is 9.54. The van der Waals surface area contributed by atoms with Crippen LogP contribution in [-0.4, -0.2) is 25.0 Å². The minimum Gasteiger partial charge on any atom is -0.508 e. The topological polar surface area (TPSA) is 74.7 Å². The second-order valence-corrected chi connectivity index (χ2v) is 7.75. The number of pyridine rings is 2. The van der Waals surface area contributed by atoms with Crippen LogP contribution in [0.2, 0.25) is 0 Å². The highest BCUT2D eigenvalue weighted by atomic mass is 16.3. The maximum Gasteiger partial charge on any atom is 0.115 e. The Labute approximate surface area is 164 Å². The molecule has 0 aliphatic carbocycles. The van der Waals surface area contributed by atoms with Crippen LogP contribution in [0.3, 0.4) is 0 Å². The maximum atomic E-state index is 9.54. The SMILES string of the molecule is CC(C)(C)c1nc(-c2ccnc(-c3ccc(O)cc3)c2)c(-c2ccccn2)[nH]1. The number of H-pyrrole nitrogens is 1. The van der Waals surface area contributed by atoms with Crippen molar-refractivity contribution in [1.29, 1.82) is 0 Å². The van der Waals surface area contributed by atoms with Crippen LogP contribution in [0.1, 0.15) is 26.6 Å². The average Bonchev–Trinajstić information content (AvgIpc) is 3.15. The fraction of sp³-hybridized carbons (Fsp3) is 0.174. The Kier molecular flexibility index (Phi) is 4.43. The number of hydrogen-bond acceptors (Lipinski definition) is 4. The van der Waals surface area contributed by atoms with E-state index < -0.39 is 0 Å². The van der Waals surface area contributed by atoms with E-state index in [9.17, 15) is 5.11 Å². The summed E-state index contributed by atoms with van der Waals surface area (Å²) >= 11 is 0. The molecule has 2 N–H and O–H groups in total. The highest BCUT2D eigenvalue weighted by molar-refractivity contribution is 5.79. The summed E-state index contributed by atoms with van der Waals surface area (Å²) in [6, 6.07) is 16.9. The van der Waals surface area contributed by atoms with E-state index in [4.69, 9.17) is 4.98 Å². The van der Waals surface area contributed by atoms with E-state index >= 15 is 0 Å². The zero-order valence-electron chi connectivity index (χ0n) is 16.1. The summed E-state index contributed by atoms with van der Waals surface area (Å²) in [7, 11) is 0. The highest BCUT2D eigenvalue weighted by Gasteiger charge is 2.23. The van der Waals surface area contributed by atoms with Gasteiger partial charge in [0.1, 0.15) is 11.6 Å². The second kappa shape index (κ2) is 6.93. The molecule has 4 rings (SSSR count). The van der Waals surface area contributed by atoms with Gasteiger partial charge in [0, 0.05) is 28.9 Å². The first-order valence-electron chi connectivity index (χ1n) is 9.19. The van der Waals surface area contributed by atoms with Gasteiger partial charge in [0.2, 0.25) is 0 Å². The average molecular weight is 370 g/mol. The number of aromatic nitrogens is 4. The predicted octanol–water partition coefficient (Wildman–Crippen LogP) is 5.20. The number of benzene rings is 1. The molecular weight excluding hydrogens is 348 g/mol. The number of hydrogen-bond donors (Lipinski definition) is 2. The molecule has 4 aromatic rings. The molecule has 28 heavy (non-hydrogen) atoms. The van der Waals surface area contributed by atoms with Crippen molar-refractivity contribution >= 4 is 0 Å². The van der Waals surface area contributed by atoms with Crippen LogP contribution >= 0.6 is 0 Å². The Morgan fingerprint density at radius 3 is 2.25 bits per heavy atom. The van der Waals surface area contributed by atoms with Gasteiger partial charge in [-0.2, -0.15) is 0 Å². The van der Waals surface area contributed by atoms with E-state index in [1.165, 1.54) is 0 Å². The fourth-order valence-electron chi connectivity index (χ4n) is 3.00. The van der Waals surface area contributed by atoms with Gasteiger partial charge < -0.3 is 10.1 Å². The van der Waals surface area contributed by atoms with Gasteiger partial charge in [-0.05, 0) is 48.5 Å². The van der Waals surface area contributed by atoms with Crippen molar-refractivity contribution in [2.45, 2.75) is 26.2 Å². The Hall–Kier alpha value is -3.47. The van der Waals surface area contributed by atoms with E-state index in [1.807, 2.05) is 42.5 Å². The smallest absolute Gasteiger partial charge is 0.115 e. The summed E-state index contributed by atoms with van der Waals surface area (Å²) < 4.78 is 0. The van der Waals surface area contributed by atoms with Gasteiger partial charge in [0.25, 0.3) is 0 Å². The van der Waals surface area contributed by atoms with Gasteiger partial charge >= 0.3 is 0 Å². The first kappa shape index (κ1) is 17.9. The molecule has 0 amide bonds. The van der Waals surface area contributed by atoms with Crippen molar-refractivity contribution in [2.24, 2.45) is 0 Å². The van der Waals surface area contributed by atoms with Crippen LogP contribution in [0, 0.1) is 0 Å². The molecule has 0 atom stereocenters. The Bertz CT molecular complexity index is 1090. The lowest BCUT2D eigenvalue weighted by Crippen LogP contribution is -2.13. The third kappa shape index (κ3) is 3.51. The van der Waals surface area contributed by atoms with Crippen molar-refractivity contribution in [3.8, 4) is 39.7 Å². The Morgan fingerprint density at radius 1 is 0.821 bits per heavy atom. The summed E-state index contributed by atoms with van der Waals surface area (Å²) in [5.41, 5.74) is 5.21. The van der Waals surface area contributed by atoms with E-state index in [-0.39, 0.29) is 11.2 Å². The minimum atomic E-state index is -0.116. The summed E-state index contributed by atoms with van der Waals surface area (Å²) in [5.74, 6) is 1.14. The van der Waals surface area contributed by atoms with E-state index in [1.54, 1.807) is 24.5 Å². The number of imidazole rings is 1. The van der Waals surface area contributed by atoms with E-state index in [2.05, 4.69) is 35.7 Å². The molecule has 0 unspecified atom stereocenters. The van der Waals surface area contributed by atoms with Crippen molar-refractivity contribution in [2.75, 3.05) is 0 Å². The van der Waals surface area contributed by atoms with Gasteiger partial charge in [-0.3, -0.25) is 9.97 Å². The standard InChI is InChI=1S/C23H22N4O/c1-23(2,3)22-26-20(21(27-22)18-6-4-5-12-24-18)16-11-13-25-19(14-16)15-7-9-17(28)10-8-15/h4-14,28H,1-3H3,(H,26,27). The summed E-state index contributed by atoms with van der Waals surface area (Å²) in [6.45, 7) is 6.39. The Balaban J connectivity index is 1.86. The molecule has 0 radical (unpaired) electrons. The highest BCUT2D eigenvalue weighted by Crippen LogP contribution is 2.33. The molecule has 3 heterocycles. The number of phenols is 1. The molecule has 0 saturated carbocycles. The third-order valence-electron chi connectivity index (χ3n) is 4.53. The first-order valence-corrected chi connectivity index (χ1v) is 9.19. The van der Waals surface area contributed by atoms with Gasteiger partial charge in [-0.15, -0.1) is 0 Å². The molecule has 3 aromatic heterocycles. The van der Waals surface area contributed by atoms with Crippen LogP contribution in [0.5, 0.6) is 5.75 Å². The number of aromatic hydroxyl groups is 1. The first-order chi connectivity index (χ1) is 13.4. The molecule has 0 aliphatic rings. The minimum absolute atomic E-state index is 0.116. The molecule has 0 bridgehead atoms. The van der Waals surface area contributed by atoms with Crippen LogP contribution in [0.25, 0.3) is 33.9 Å². The second-order valence-electron chi connectivity index (χ2n) is 7.75. The van der Waals surface area contributed by atoms with Gasteiger partial charge in [0.05, 0.1) is 22.8 Å². The molecule has 0 aliphatic heterocycles. The molecular formula is C23H22N4O. The fourth-order valence-corrected chi connectivity index (χ4v) is 3.00. The molecule has 5 nitrogen and oxygen atoms in total. The number of phenolic OH excluding ortho intramolecular Hbond substituents is 1. The summed E-state index contributed by atoms with van der Waals surface area (Å²) in [4.78, 5) is 17.4. The lowest BCUT2D eigenvalue weighted by molar-refractivity contribution is 0.475. The Morgan fingerprint density at radius 2 is 1.57 bits per heavy atom. The molecule has 5 heteroatoms. The van der Waals surface area contributed by atoms with E-state index in [0.717, 1.165) is 39.7 Å². The zero-order valence-corrected chi connectivity index (χ0v) is 16.1. The van der Waals surface area contributed by atoms with Crippen LogP contribution in [-0.2, 0) is 5.41 Å². The van der Waals surface area contributed by atoms with Crippen molar-refractivity contribution in [3.05, 3.63) is 72.8 Å². The largest absolute Gasteiger partial charge is 0.508 e. The third-order valence-corrected chi connectivity index (χ3v) is 4.53. The van der Waals surface area contributed by atoms with Crippen LogP contribution in [0.15, 0.2) is 67.0 Å². The van der Waals surface area contributed by atoms with Gasteiger partial charge in [0.15, 0.2) is 0 Å². The zero-order chi connectivity index (χ0) is 19.7. The molecule has 0 fully saturated rings. The van der Waals surface area contributed by atoms with Crippen LogP contribution in [0.4, 0.5) is 0 Å². The molecule has 0 spiro atoms. The van der Waals surface area contributed by atoms with E-state index in [0.29, 0.717) is 0 Å². The molecule has 140 valence electrons. The van der Waals surface area contributed by atoms with Gasteiger partial charge in [-0.25, -0.2) is 4.98 Å². The lowest BCUT2D eigenvalue weighted by Gasteiger charge is -2.14. The van der Waals surface area contributed by atoms with Crippen molar-refractivity contribution in [3.63, 3.8) is 0 Å². The number of nitrogens with zero attached hydrogens (tertiary/aromatic N) is 3. The number of rotatable bonds is 3. The predicted molar refractivity (Wildman–Crippen MR) is 111 cm³/mol. The molecule has 0 saturated heterocycles. The lowest BCUT2D eigenvalue weighted by atomic mass is 9.96. The number of nitrogens with one attached hydrogen (secondary N) is 1. The monoisotopic (exact) mass is 370 g/mol. The van der Waals surface area contributed by atoms with Crippen LogP contribution < -0.4 is 0 Å². The summed E-state index contributed by atoms with van der Waals surface area (Å²) in [5, 5.41) is 9.54. The molecule has 1 aromatic carbocycles.